The zero-order valence-corrected chi connectivity index (χ0v) is 13.0. The summed E-state index contributed by atoms with van der Waals surface area (Å²) in [6.45, 7) is 0. The van der Waals surface area contributed by atoms with Gasteiger partial charge in [-0.15, -0.1) is 23.4 Å². The summed E-state index contributed by atoms with van der Waals surface area (Å²) in [5.74, 6) is 0.299. The fourth-order valence-electron chi connectivity index (χ4n) is 1.84. The standard InChI is InChI=1S/C14H12F3N3O3S/c15-14(16,17)23-10-5-3-9(4-6-10)18-11(21)7-24-13-20-19-12(22-13)8-1-2-8/h3-6,8H,1-2,7H2,(H,18,21). The average molecular weight is 359 g/mol. The highest BCUT2D eigenvalue weighted by molar-refractivity contribution is 7.99. The van der Waals surface area contributed by atoms with Crippen molar-refractivity contribution in [1.29, 1.82) is 0 Å². The molecule has 0 atom stereocenters. The number of aromatic nitrogens is 2. The van der Waals surface area contributed by atoms with Crippen molar-refractivity contribution in [3.8, 4) is 5.75 Å². The van der Waals surface area contributed by atoms with E-state index >= 15 is 0 Å². The van der Waals surface area contributed by atoms with Crippen LogP contribution in [0.25, 0.3) is 0 Å². The molecule has 1 aromatic heterocycles. The van der Waals surface area contributed by atoms with Gasteiger partial charge in [-0.25, -0.2) is 0 Å². The first kappa shape index (κ1) is 16.6. The van der Waals surface area contributed by atoms with Crippen molar-refractivity contribution in [2.45, 2.75) is 30.3 Å². The summed E-state index contributed by atoms with van der Waals surface area (Å²) in [6, 6.07) is 4.88. The highest BCUT2D eigenvalue weighted by atomic mass is 32.2. The van der Waals surface area contributed by atoms with E-state index in [9.17, 15) is 18.0 Å². The lowest BCUT2D eigenvalue weighted by atomic mass is 10.3. The highest BCUT2D eigenvalue weighted by Gasteiger charge is 2.31. The molecule has 1 amide bonds. The van der Waals surface area contributed by atoms with Gasteiger partial charge in [0, 0.05) is 11.6 Å². The molecular formula is C14H12F3N3O3S. The third-order valence-electron chi connectivity index (χ3n) is 3.05. The molecule has 1 aliphatic rings. The predicted octanol–water partition coefficient (Wildman–Crippen LogP) is 3.58. The average Bonchev–Trinajstić information content (AvgIpc) is 3.25. The van der Waals surface area contributed by atoms with E-state index in [1.54, 1.807) is 0 Å². The zero-order chi connectivity index (χ0) is 17.2. The van der Waals surface area contributed by atoms with E-state index in [1.807, 2.05) is 0 Å². The number of amides is 1. The molecule has 2 aromatic rings. The smallest absolute Gasteiger partial charge is 0.416 e. The first-order chi connectivity index (χ1) is 11.4. The number of hydrogen-bond acceptors (Lipinski definition) is 6. The molecule has 1 aromatic carbocycles. The van der Waals surface area contributed by atoms with Crippen LogP contribution in [0.4, 0.5) is 18.9 Å². The van der Waals surface area contributed by atoms with Gasteiger partial charge in [-0.2, -0.15) is 0 Å². The van der Waals surface area contributed by atoms with Crippen molar-refractivity contribution < 1.29 is 27.1 Å². The van der Waals surface area contributed by atoms with Crippen molar-refractivity contribution in [2.75, 3.05) is 11.1 Å². The Morgan fingerprint density at radius 1 is 1.29 bits per heavy atom. The molecule has 1 heterocycles. The van der Waals surface area contributed by atoms with Crippen molar-refractivity contribution >= 4 is 23.4 Å². The molecule has 0 bridgehead atoms. The summed E-state index contributed by atoms with van der Waals surface area (Å²) in [7, 11) is 0. The number of alkyl halides is 3. The van der Waals surface area contributed by atoms with Crippen LogP contribution in [0.15, 0.2) is 33.9 Å². The number of halogens is 3. The minimum atomic E-state index is -4.75. The first-order valence-electron chi connectivity index (χ1n) is 7.01. The molecular weight excluding hydrogens is 347 g/mol. The van der Waals surface area contributed by atoms with Gasteiger partial charge < -0.3 is 14.5 Å². The number of nitrogens with one attached hydrogen (secondary N) is 1. The summed E-state index contributed by atoms with van der Waals surface area (Å²) in [6.07, 6.45) is -2.66. The molecule has 0 radical (unpaired) electrons. The van der Waals surface area contributed by atoms with E-state index < -0.39 is 6.36 Å². The molecule has 0 spiro atoms. The molecule has 3 rings (SSSR count). The third-order valence-corrected chi connectivity index (χ3v) is 3.87. The summed E-state index contributed by atoms with van der Waals surface area (Å²) in [5, 5.41) is 10.6. The van der Waals surface area contributed by atoms with E-state index in [0.29, 0.717) is 22.7 Å². The van der Waals surface area contributed by atoms with Gasteiger partial charge >= 0.3 is 6.36 Å². The molecule has 1 aliphatic carbocycles. The number of thioether (sulfide) groups is 1. The van der Waals surface area contributed by atoms with Crippen LogP contribution in [0.2, 0.25) is 0 Å². The van der Waals surface area contributed by atoms with Gasteiger partial charge in [0.25, 0.3) is 5.22 Å². The van der Waals surface area contributed by atoms with Crippen LogP contribution in [0.5, 0.6) is 5.75 Å². The Labute approximate surface area is 138 Å². The molecule has 6 nitrogen and oxygen atoms in total. The summed E-state index contributed by atoms with van der Waals surface area (Å²) in [5.41, 5.74) is 0.360. The van der Waals surface area contributed by atoms with Crippen molar-refractivity contribution in [2.24, 2.45) is 0 Å². The number of ether oxygens (including phenoxy) is 1. The largest absolute Gasteiger partial charge is 0.573 e. The number of nitrogens with zero attached hydrogens (tertiary/aromatic N) is 2. The van der Waals surface area contributed by atoms with E-state index in [2.05, 4.69) is 20.3 Å². The lowest BCUT2D eigenvalue weighted by Gasteiger charge is -2.09. The van der Waals surface area contributed by atoms with Crippen LogP contribution in [-0.4, -0.2) is 28.2 Å². The van der Waals surface area contributed by atoms with Crippen molar-refractivity contribution in [3.05, 3.63) is 30.2 Å². The zero-order valence-electron chi connectivity index (χ0n) is 12.2. The summed E-state index contributed by atoms with van der Waals surface area (Å²) < 4.78 is 45.3. The van der Waals surface area contributed by atoms with Gasteiger partial charge in [0.1, 0.15) is 5.75 Å². The summed E-state index contributed by atoms with van der Waals surface area (Å²) in [4.78, 5) is 11.8. The Morgan fingerprint density at radius 3 is 2.62 bits per heavy atom. The molecule has 1 N–H and O–H groups in total. The maximum atomic E-state index is 12.1. The molecule has 128 valence electrons. The molecule has 10 heteroatoms. The van der Waals surface area contributed by atoms with Gasteiger partial charge in [-0.1, -0.05) is 11.8 Å². The van der Waals surface area contributed by atoms with Gasteiger partial charge in [0.15, 0.2) is 0 Å². The van der Waals surface area contributed by atoms with Crippen LogP contribution in [0.3, 0.4) is 0 Å². The van der Waals surface area contributed by atoms with E-state index in [0.717, 1.165) is 36.7 Å². The van der Waals surface area contributed by atoms with Crippen molar-refractivity contribution in [1.82, 2.24) is 10.2 Å². The number of carbonyl (C=O) groups excluding carboxylic acids is 1. The van der Waals surface area contributed by atoms with E-state index in [-0.39, 0.29) is 17.4 Å². The quantitative estimate of drug-likeness (QED) is 0.795. The van der Waals surface area contributed by atoms with Crippen LogP contribution < -0.4 is 10.1 Å². The van der Waals surface area contributed by atoms with Crippen LogP contribution in [-0.2, 0) is 4.79 Å². The number of anilines is 1. The molecule has 1 saturated carbocycles. The van der Waals surface area contributed by atoms with Gasteiger partial charge in [-0.05, 0) is 37.1 Å². The summed E-state index contributed by atoms with van der Waals surface area (Å²) >= 11 is 1.10. The first-order valence-corrected chi connectivity index (χ1v) is 7.99. The molecule has 24 heavy (non-hydrogen) atoms. The van der Waals surface area contributed by atoms with Crippen LogP contribution >= 0.6 is 11.8 Å². The lowest BCUT2D eigenvalue weighted by Crippen LogP contribution is -2.17. The van der Waals surface area contributed by atoms with Crippen LogP contribution in [0.1, 0.15) is 24.7 Å². The SMILES string of the molecule is O=C(CSc1nnc(C2CC2)o1)Nc1ccc(OC(F)(F)F)cc1. The molecule has 0 aliphatic heterocycles. The van der Waals surface area contributed by atoms with Gasteiger partial charge in [0.05, 0.1) is 5.75 Å². The van der Waals surface area contributed by atoms with E-state index in [1.165, 1.54) is 12.1 Å². The second kappa shape index (κ2) is 6.71. The number of rotatable bonds is 6. The maximum Gasteiger partial charge on any atom is 0.573 e. The molecule has 0 unspecified atom stereocenters. The Morgan fingerprint density at radius 2 is 2.00 bits per heavy atom. The number of carbonyl (C=O) groups is 1. The Balaban J connectivity index is 1.47. The van der Waals surface area contributed by atoms with Gasteiger partial charge in [-0.3, -0.25) is 4.79 Å². The highest BCUT2D eigenvalue weighted by Crippen LogP contribution is 2.39. The monoisotopic (exact) mass is 359 g/mol. The third kappa shape index (κ3) is 4.88. The minimum absolute atomic E-state index is 0.0487. The van der Waals surface area contributed by atoms with E-state index in [4.69, 9.17) is 4.42 Å². The fraction of sp³-hybridized carbons (Fsp3) is 0.357. The second-order valence-electron chi connectivity index (χ2n) is 5.09. The van der Waals surface area contributed by atoms with Crippen molar-refractivity contribution in [3.63, 3.8) is 0 Å². The normalized spacial score (nSPS) is 14.5. The van der Waals surface area contributed by atoms with Gasteiger partial charge in [0.2, 0.25) is 11.8 Å². The topological polar surface area (TPSA) is 77.2 Å². The molecule has 0 saturated heterocycles. The maximum absolute atomic E-state index is 12.1. The van der Waals surface area contributed by atoms with Crippen LogP contribution in [0, 0.1) is 0 Å². The predicted molar refractivity (Wildman–Crippen MR) is 78.8 cm³/mol. The Hall–Kier alpha value is -2.23. The fourth-order valence-corrected chi connectivity index (χ4v) is 2.41. The molecule has 1 fully saturated rings. The minimum Gasteiger partial charge on any atom is -0.416 e. The lowest BCUT2D eigenvalue weighted by molar-refractivity contribution is -0.274. The Kier molecular flexibility index (Phi) is 4.65. The number of benzene rings is 1. The number of hydrogen-bond donors (Lipinski definition) is 1. The Bertz CT molecular complexity index is 714. The second-order valence-corrected chi connectivity index (χ2v) is 6.02.